The molecule has 0 amide bonds. The third-order valence-electron chi connectivity index (χ3n) is 4.44. The Hall–Kier alpha value is -0.0800. The van der Waals surface area contributed by atoms with Gasteiger partial charge in [0.25, 0.3) is 0 Å². The van der Waals surface area contributed by atoms with E-state index in [1.807, 2.05) is 7.05 Å². The second-order valence-corrected chi connectivity index (χ2v) is 6.62. The summed E-state index contributed by atoms with van der Waals surface area (Å²) in [5.74, 6) is 1.82. The fraction of sp³-hybridized carbons (Fsp3) is 0.944. The molecule has 1 aliphatic rings. The van der Waals surface area contributed by atoms with Crippen molar-refractivity contribution in [2.45, 2.75) is 52.4 Å². The SMILES string of the molecule is CCCCOCCCNC(=NC)NCCCN1CCC(C)CC1.I. The molecule has 0 radical (unpaired) electrons. The van der Waals surface area contributed by atoms with E-state index in [1.165, 1.54) is 45.3 Å². The molecule has 144 valence electrons. The summed E-state index contributed by atoms with van der Waals surface area (Å²) in [6, 6.07) is 0. The van der Waals surface area contributed by atoms with E-state index < -0.39 is 0 Å². The summed E-state index contributed by atoms with van der Waals surface area (Å²) in [5, 5.41) is 6.75. The number of guanidine groups is 1. The van der Waals surface area contributed by atoms with Gasteiger partial charge in [-0.1, -0.05) is 20.3 Å². The van der Waals surface area contributed by atoms with Gasteiger partial charge in [0.15, 0.2) is 5.96 Å². The van der Waals surface area contributed by atoms with E-state index in [2.05, 4.69) is 34.4 Å². The molecule has 6 heteroatoms. The lowest BCUT2D eigenvalue weighted by molar-refractivity contribution is 0.129. The summed E-state index contributed by atoms with van der Waals surface area (Å²) in [5.41, 5.74) is 0. The Morgan fingerprint density at radius 3 is 2.33 bits per heavy atom. The van der Waals surface area contributed by atoms with Crippen LogP contribution in [0.3, 0.4) is 0 Å². The van der Waals surface area contributed by atoms with Gasteiger partial charge in [-0.2, -0.15) is 0 Å². The van der Waals surface area contributed by atoms with Gasteiger partial charge >= 0.3 is 0 Å². The highest BCUT2D eigenvalue weighted by atomic mass is 127. The van der Waals surface area contributed by atoms with Crippen LogP contribution < -0.4 is 10.6 Å². The number of nitrogens with zero attached hydrogens (tertiary/aromatic N) is 2. The number of hydrogen-bond donors (Lipinski definition) is 2. The zero-order valence-electron chi connectivity index (χ0n) is 16.0. The average molecular weight is 454 g/mol. The lowest BCUT2D eigenvalue weighted by Gasteiger charge is -2.30. The molecule has 1 saturated heterocycles. The molecule has 1 heterocycles. The first kappa shape index (κ1) is 23.9. The van der Waals surface area contributed by atoms with Crippen LogP contribution in [0.2, 0.25) is 0 Å². The Bertz CT molecular complexity index is 307. The Morgan fingerprint density at radius 2 is 1.71 bits per heavy atom. The van der Waals surface area contributed by atoms with Crippen LogP contribution in [-0.4, -0.2) is 63.8 Å². The van der Waals surface area contributed by atoms with Crippen molar-refractivity contribution in [3.05, 3.63) is 0 Å². The maximum Gasteiger partial charge on any atom is 0.190 e. The molecule has 24 heavy (non-hydrogen) atoms. The van der Waals surface area contributed by atoms with Gasteiger partial charge in [0.2, 0.25) is 0 Å². The van der Waals surface area contributed by atoms with E-state index in [4.69, 9.17) is 4.74 Å². The summed E-state index contributed by atoms with van der Waals surface area (Å²) in [4.78, 5) is 6.86. The minimum absolute atomic E-state index is 0. The third-order valence-corrected chi connectivity index (χ3v) is 4.44. The van der Waals surface area contributed by atoms with Gasteiger partial charge in [-0.15, -0.1) is 24.0 Å². The fourth-order valence-corrected chi connectivity index (χ4v) is 2.75. The normalized spacial score (nSPS) is 16.7. The lowest BCUT2D eigenvalue weighted by Crippen LogP contribution is -2.40. The first-order chi connectivity index (χ1) is 11.3. The minimum atomic E-state index is 0. The van der Waals surface area contributed by atoms with Crippen molar-refractivity contribution in [3.63, 3.8) is 0 Å². The molecule has 2 N–H and O–H groups in total. The minimum Gasteiger partial charge on any atom is -0.381 e. The highest BCUT2D eigenvalue weighted by Gasteiger charge is 2.14. The number of likely N-dealkylation sites (tertiary alicyclic amines) is 1. The zero-order valence-corrected chi connectivity index (χ0v) is 18.3. The molecule has 0 aliphatic carbocycles. The topological polar surface area (TPSA) is 48.9 Å². The van der Waals surface area contributed by atoms with Crippen LogP contribution >= 0.6 is 24.0 Å². The molecule has 1 fully saturated rings. The van der Waals surface area contributed by atoms with E-state index in [0.717, 1.165) is 51.0 Å². The summed E-state index contributed by atoms with van der Waals surface area (Å²) >= 11 is 0. The number of unbranched alkanes of at least 4 members (excludes halogenated alkanes) is 1. The van der Waals surface area contributed by atoms with Crippen molar-refractivity contribution in [2.24, 2.45) is 10.9 Å². The van der Waals surface area contributed by atoms with E-state index in [9.17, 15) is 0 Å². The molecular formula is C18H39IN4O. The van der Waals surface area contributed by atoms with Crippen LogP contribution in [-0.2, 0) is 4.74 Å². The Morgan fingerprint density at radius 1 is 1.08 bits per heavy atom. The number of ether oxygens (including phenoxy) is 1. The number of halogens is 1. The molecule has 0 saturated carbocycles. The second-order valence-electron chi connectivity index (χ2n) is 6.62. The van der Waals surface area contributed by atoms with Crippen molar-refractivity contribution in [1.29, 1.82) is 0 Å². The summed E-state index contributed by atoms with van der Waals surface area (Å²) in [7, 11) is 1.83. The number of rotatable bonds is 11. The van der Waals surface area contributed by atoms with Crippen molar-refractivity contribution < 1.29 is 4.74 Å². The number of hydrogen-bond acceptors (Lipinski definition) is 3. The fourth-order valence-electron chi connectivity index (χ4n) is 2.75. The van der Waals surface area contributed by atoms with E-state index in [0.29, 0.717) is 0 Å². The van der Waals surface area contributed by atoms with Crippen LogP contribution in [0.1, 0.15) is 52.4 Å². The molecule has 0 unspecified atom stereocenters. The van der Waals surface area contributed by atoms with Gasteiger partial charge in [-0.05, 0) is 57.7 Å². The smallest absolute Gasteiger partial charge is 0.190 e. The van der Waals surface area contributed by atoms with Crippen molar-refractivity contribution in [1.82, 2.24) is 15.5 Å². The third kappa shape index (κ3) is 12.3. The standard InChI is InChI=1S/C18H38N4O.HI/c1-4-5-15-23-16-7-11-21-18(19-3)20-10-6-12-22-13-8-17(2)9-14-22;/h17H,4-16H2,1-3H3,(H2,19,20,21);1H. The highest BCUT2D eigenvalue weighted by molar-refractivity contribution is 14.0. The maximum atomic E-state index is 5.56. The maximum absolute atomic E-state index is 5.56. The predicted molar refractivity (Wildman–Crippen MR) is 115 cm³/mol. The molecule has 0 aromatic heterocycles. The van der Waals surface area contributed by atoms with Gasteiger partial charge in [0, 0.05) is 33.4 Å². The summed E-state index contributed by atoms with van der Waals surface area (Å²) in [6.45, 7) is 11.9. The van der Waals surface area contributed by atoms with Crippen molar-refractivity contribution >= 4 is 29.9 Å². The largest absolute Gasteiger partial charge is 0.381 e. The predicted octanol–water partition coefficient (Wildman–Crippen LogP) is 3.10. The van der Waals surface area contributed by atoms with Gasteiger partial charge in [-0.3, -0.25) is 4.99 Å². The van der Waals surface area contributed by atoms with Crippen LogP contribution in [0.25, 0.3) is 0 Å². The van der Waals surface area contributed by atoms with E-state index >= 15 is 0 Å². The lowest BCUT2D eigenvalue weighted by atomic mass is 9.99. The van der Waals surface area contributed by atoms with Crippen LogP contribution in [0.15, 0.2) is 4.99 Å². The zero-order chi connectivity index (χ0) is 16.8. The molecule has 0 atom stereocenters. The van der Waals surface area contributed by atoms with E-state index in [-0.39, 0.29) is 24.0 Å². The summed E-state index contributed by atoms with van der Waals surface area (Å²) < 4.78 is 5.56. The number of piperidine rings is 1. The first-order valence-electron chi connectivity index (χ1n) is 9.50. The Kier molecular flexibility index (Phi) is 16.3. The van der Waals surface area contributed by atoms with Crippen molar-refractivity contribution in [2.75, 3.05) is 53.0 Å². The molecular weight excluding hydrogens is 415 g/mol. The van der Waals surface area contributed by atoms with Crippen LogP contribution in [0.4, 0.5) is 0 Å². The Balaban J connectivity index is 0.00000529. The first-order valence-corrected chi connectivity index (χ1v) is 9.50. The molecule has 1 aliphatic heterocycles. The van der Waals surface area contributed by atoms with Gasteiger partial charge in [0.05, 0.1) is 0 Å². The van der Waals surface area contributed by atoms with Gasteiger partial charge in [0.1, 0.15) is 0 Å². The highest BCUT2D eigenvalue weighted by Crippen LogP contribution is 2.15. The number of nitrogens with one attached hydrogen (secondary N) is 2. The van der Waals surface area contributed by atoms with Crippen LogP contribution in [0, 0.1) is 5.92 Å². The molecule has 0 spiro atoms. The molecule has 1 rings (SSSR count). The van der Waals surface area contributed by atoms with Gasteiger partial charge < -0.3 is 20.3 Å². The number of aliphatic imine (C=N–C) groups is 1. The van der Waals surface area contributed by atoms with E-state index in [1.54, 1.807) is 0 Å². The monoisotopic (exact) mass is 454 g/mol. The van der Waals surface area contributed by atoms with Crippen LogP contribution in [0.5, 0.6) is 0 Å². The quantitative estimate of drug-likeness (QED) is 0.218. The van der Waals surface area contributed by atoms with Crippen molar-refractivity contribution in [3.8, 4) is 0 Å². The molecule has 5 nitrogen and oxygen atoms in total. The molecule has 0 aromatic carbocycles. The second kappa shape index (κ2) is 16.4. The Labute approximate surface area is 166 Å². The average Bonchev–Trinajstić information content (AvgIpc) is 2.57. The van der Waals surface area contributed by atoms with Gasteiger partial charge in [-0.25, -0.2) is 0 Å². The molecule has 0 aromatic rings. The summed E-state index contributed by atoms with van der Waals surface area (Å²) in [6.07, 6.45) is 7.28. The molecule has 0 bridgehead atoms.